The van der Waals surface area contributed by atoms with Crippen LogP contribution < -0.4 is 14.8 Å². The van der Waals surface area contributed by atoms with E-state index in [0.29, 0.717) is 0 Å². The Bertz CT molecular complexity index is 578. The molecule has 0 aliphatic heterocycles. The molecule has 1 unspecified atom stereocenters. The summed E-state index contributed by atoms with van der Waals surface area (Å²) in [6.45, 7) is 2.16. The molecule has 0 amide bonds. The van der Waals surface area contributed by atoms with Gasteiger partial charge in [0.15, 0.2) is 11.5 Å². The van der Waals surface area contributed by atoms with Crippen molar-refractivity contribution >= 4 is 0 Å². The average molecular weight is 285 g/mol. The molecule has 2 rings (SSSR count). The van der Waals surface area contributed by atoms with Crippen molar-refractivity contribution in [2.75, 3.05) is 21.3 Å². The lowest BCUT2D eigenvalue weighted by Gasteiger charge is -2.21. The van der Waals surface area contributed by atoms with Gasteiger partial charge in [0.2, 0.25) is 0 Å². The summed E-state index contributed by atoms with van der Waals surface area (Å²) < 4.78 is 10.9. The summed E-state index contributed by atoms with van der Waals surface area (Å²) in [5, 5.41) is 3.36. The van der Waals surface area contributed by atoms with E-state index in [4.69, 9.17) is 9.47 Å². The quantitative estimate of drug-likeness (QED) is 0.880. The van der Waals surface area contributed by atoms with Gasteiger partial charge in [-0.05, 0) is 30.7 Å². The van der Waals surface area contributed by atoms with Crippen LogP contribution >= 0.6 is 0 Å². The number of para-hydroxylation sites is 1. The zero-order chi connectivity index (χ0) is 15.2. The predicted molar refractivity (Wildman–Crippen MR) is 86.3 cm³/mol. The molecule has 0 heterocycles. The molecule has 0 spiro atoms. The molecule has 2 aromatic rings. The molecular formula is C18H23NO2. The minimum absolute atomic E-state index is 0.0703. The number of methoxy groups -OCH3 is 2. The second kappa shape index (κ2) is 7.14. The van der Waals surface area contributed by atoms with Gasteiger partial charge >= 0.3 is 0 Å². The van der Waals surface area contributed by atoms with Gasteiger partial charge in [-0.15, -0.1) is 0 Å². The van der Waals surface area contributed by atoms with Crippen LogP contribution in [0.2, 0.25) is 0 Å². The predicted octanol–water partition coefficient (Wildman–Crippen LogP) is 3.58. The minimum atomic E-state index is 0.0703. The molecule has 0 aliphatic carbocycles. The number of rotatable bonds is 6. The Balaban J connectivity index is 2.45. The number of ether oxygens (including phenoxy) is 2. The van der Waals surface area contributed by atoms with E-state index < -0.39 is 0 Å². The van der Waals surface area contributed by atoms with Crippen LogP contribution in [0.5, 0.6) is 11.5 Å². The van der Waals surface area contributed by atoms with Gasteiger partial charge in [-0.25, -0.2) is 0 Å². The van der Waals surface area contributed by atoms with Crippen molar-refractivity contribution in [3.05, 3.63) is 59.2 Å². The van der Waals surface area contributed by atoms with E-state index in [1.54, 1.807) is 14.2 Å². The maximum Gasteiger partial charge on any atom is 0.165 e. The Hall–Kier alpha value is -2.00. The van der Waals surface area contributed by atoms with E-state index in [-0.39, 0.29) is 6.04 Å². The molecule has 0 bridgehead atoms. The Labute approximate surface area is 126 Å². The molecule has 0 saturated carbocycles. The van der Waals surface area contributed by atoms with Crippen molar-refractivity contribution in [2.45, 2.75) is 19.4 Å². The standard InChI is InChI=1S/C18H23NO2/c1-5-13-9-11-14(12-10-13)17(19-2)15-7-6-8-16(20-3)18(15)21-4/h6-12,17,19H,5H2,1-4H3. The molecule has 112 valence electrons. The Morgan fingerprint density at radius 1 is 1.00 bits per heavy atom. The molecule has 0 saturated heterocycles. The third kappa shape index (κ3) is 3.19. The smallest absolute Gasteiger partial charge is 0.165 e. The second-order valence-electron chi connectivity index (χ2n) is 4.90. The van der Waals surface area contributed by atoms with Crippen molar-refractivity contribution in [1.82, 2.24) is 5.32 Å². The zero-order valence-electron chi connectivity index (χ0n) is 13.1. The van der Waals surface area contributed by atoms with Crippen molar-refractivity contribution < 1.29 is 9.47 Å². The molecule has 1 atom stereocenters. The minimum Gasteiger partial charge on any atom is -0.493 e. The Morgan fingerprint density at radius 3 is 2.24 bits per heavy atom. The number of hydrogen-bond donors (Lipinski definition) is 1. The van der Waals surface area contributed by atoms with Gasteiger partial charge in [-0.3, -0.25) is 0 Å². The lowest BCUT2D eigenvalue weighted by atomic mass is 9.96. The van der Waals surface area contributed by atoms with Crippen LogP contribution in [0, 0.1) is 0 Å². The first-order chi connectivity index (χ1) is 10.2. The molecule has 0 aliphatic rings. The number of nitrogens with one attached hydrogen (secondary N) is 1. The Kier molecular flexibility index (Phi) is 5.23. The van der Waals surface area contributed by atoms with Gasteiger partial charge in [-0.2, -0.15) is 0 Å². The highest BCUT2D eigenvalue weighted by atomic mass is 16.5. The summed E-state index contributed by atoms with van der Waals surface area (Å²) in [5.41, 5.74) is 3.62. The van der Waals surface area contributed by atoms with Gasteiger partial charge in [-0.1, -0.05) is 43.3 Å². The van der Waals surface area contributed by atoms with Crippen LogP contribution in [0.1, 0.15) is 29.7 Å². The first-order valence-corrected chi connectivity index (χ1v) is 7.22. The lowest BCUT2D eigenvalue weighted by Crippen LogP contribution is -2.18. The SMILES string of the molecule is CCc1ccc(C(NC)c2cccc(OC)c2OC)cc1. The van der Waals surface area contributed by atoms with E-state index in [9.17, 15) is 0 Å². The fraction of sp³-hybridized carbons (Fsp3) is 0.333. The van der Waals surface area contributed by atoms with E-state index >= 15 is 0 Å². The fourth-order valence-electron chi connectivity index (χ4n) is 2.59. The molecule has 21 heavy (non-hydrogen) atoms. The third-order valence-electron chi connectivity index (χ3n) is 3.75. The molecule has 0 fully saturated rings. The zero-order valence-corrected chi connectivity index (χ0v) is 13.1. The lowest BCUT2D eigenvalue weighted by molar-refractivity contribution is 0.349. The molecule has 0 aromatic heterocycles. The molecule has 2 aromatic carbocycles. The average Bonchev–Trinajstić information content (AvgIpc) is 2.55. The van der Waals surface area contributed by atoms with Crippen LogP contribution in [-0.4, -0.2) is 21.3 Å². The number of aryl methyl sites for hydroxylation is 1. The number of hydrogen-bond acceptors (Lipinski definition) is 3. The first kappa shape index (κ1) is 15.4. The summed E-state index contributed by atoms with van der Waals surface area (Å²) in [7, 11) is 5.29. The maximum atomic E-state index is 5.55. The van der Waals surface area contributed by atoms with Gasteiger partial charge in [0.25, 0.3) is 0 Å². The van der Waals surface area contributed by atoms with Crippen LogP contribution in [-0.2, 0) is 6.42 Å². The highest BCUT2D eigenvalue weighted by Crippen LogP contribution is 2.36. The maximum absolute atomic E-state index is 5.55. The van der Waals surface area contributed by atoms with E-state index in [2.05, 4.69) is 42.6 Å². The van der Waals surface area contributed by atoms with Crippen LogP contribution in [0.4, 0.5) is 0 Å². The van der Waals surface area contributed by atoms with E-state index in [1.165, 1.54) is 11.1 Å². The second-order valence-corrected chi connectivity index (χ2v) is 4.90. The first-order valence-electron chi connectivity index (χ1n) is 7.22. The summed E-state index contributed by atoms with van der Waals surface area (Å²) >= 11 is 0. The monoisotopic (exact) mass is 285 g/mol. The van der Waals surface area contributed by atoms with E-state index in [0.717, 1.165) is 23.5 Å². The van der Waals surface area contributed by atoms with Gasteiger partial charge < -0.3 is 14.8 Å². The molecule has 3 heteroatoms. The van der Waals surface area contributed by atoms with Crippen molar-refractivity contribution in [1.29, 1.82) is 0 Å². The topological polar surface area (TPSA) is 30.5 Å². The highest BCUT2D eigenvalue weighted by molar-refractivity contribution is 5.50. The van der Waals surface area contributed by atoms with Gasteiger partial charge in [0.1, 0.15) is 0 Å². The summed E-state index contributed by atoms with van der Waals surface area (Å²) in [6, 6.07) is 14.7. The van der Waals surface area contributed by atoms with Crippen molar-refractivity contribution in [3.63, 3.8) is 0 Å². The summed E-state index contributed by atoms with van der Waals surface area (Å²) in [6.07, 6.45) is 1.05. The number of benzene rings is 2. The molecule has 1 N–H and O–H groups in total. The largest absolute Gasteiger partial charge is 0.493 e. The Morgan fingerprint density at radius 2 is 1.71 bits per heavy atom. The highest BCUT2D eigenvalue weighted by Gasteiger charge is 2.19. The molecular weight excluding hydrogens is 262 g/mol. The normalized spacial score (nSPS) is 12.0. The molecule has 3 nitrogen and oxygen atoms in total. The van der Waals surface area contributed by atoms with Gasteiger partial charge in [0, 0.05) is 5.56 Å². The third-order valence-corrected chi connectivity index (χ3v) is 3.75. The van der Waals surface area contributed by atoms with Gasteiger partial charge in [0.05, 0.1) is 20.3 Å². The van der Waals surface area contributed by atoms with Crippen LogP contribution in [0.15, 0.2) is 42.5 Å². The van der Waals surface area contributed by atoms with Crippen molar-refractivity contribution in [2.24, 2.45) is 0 Å². The van der Waals surface area contributed by atoms with Crippen molar-refractivity contribution in [3.8, 4) is 11.5 Å². The van der Waals surface area contributed by atoms with Crippen LogP contribution in [0.3, 0.4) is 0 Å². The molecule has 0 radical (unpaired) electrons. The van der Waals surface area contributed by atoms with Crippen LogP contribution in [0.25, 0.3) is 0 Å². The fourth-order valence-corrected chi connectivity index (χ4v) is 2.59. The summed E-state index contributed by atoms with van der Waals surface area (Å²) in [5.74, 6) is 1.53. The van der Waals surface area contributed by atoms with E-state index in [1.807, 2.05) is 19.2 Å². The summed E-state index contributed by atoms with van der Waals surface area (Å²) in [4.78, 5) is 0.